The predicted octanol–water partition coefficient (Wildman–Crippen LogP) is 1.78. The molecule has 9 heteroatoms. The molecule has 0 aliphatic carbocycles. The minimum atomic E-state index is -3.70. The summed E-state index contributed by atoms with van der Waals surface area (Å²) in [6.07, 6.45) is 3.03. The number of sulfonamides is 1. The number of carbonyl (C=O) groups is 1. The summed E-state index contributed by atoms with van der Waals surface area (Å²) in [5.74, 6) is 0.164. The van der Waals surface area contributed by atoms with Crippen molar-refractivity contribution in [2.45, 2.75) is 30.4 Å². The number of benzene rings is 1. The highest BCUT2D eigenvalue weighted by molar-refractivity contribution is 7.89. The van der Waals surface area contributed by atoms with Crippen LogP contribution in [0.4, 0.5) is 5.69 Å². The molecule has 1 saturated heterocycles. The Morgan fingerprint density at radius 1 is 1.29 bits per heavy atom. The number of hydrogen-bond donors (Lipinski definition) is 1. The minimum absolute atomic E-state index is 0.0689. The molecule has 2 aromatic rings. The van der Waals surface area contributed by atoms with Crippen molar-refractivity contribution in [1.82, 2.24) is 9.29 Å². The van der Waals surface area contributed by atoms with Crippen LogP contribution < -0.4 is 10.1 Å². The van der Waals surface area contributed by atoms with Gasteiger partial charge in [-0.15, -0.1) is 0 Å². The second-order valence-electron chi connectivity index (χ2n) is 6.75. The molecule has 4 rings (SSSR count). The standard InChI is InChI=1S/C19H21N3O5S/c23-19-13-27-18-7-6-16(10-17(18)21-19)28(24,25)22-9-3-5-15(11-22)26-12-14-4-1-2-8-20-14/h1-2,4,6-8,10,15H,3,5,9,11-13H2,(H,21,23). The van der Waals surface area contributed by atoms with Crippen molar-refractivity contribution < 1.29 is 22.7 Å². The number of nitrogens with zero attached hydrogens (tertiary/aromatic N) is 2. The highest BCUT2D eigenvalue weighted by Crippen LogP contribution is 2.32. The van der Waals surface area contributed by atoms with Crippen LogP contribution in [0.15, 0.2) is 47.5 Å². The van der Waals surface area contributed by atoms with E-state index in [1.54, 1.807) is 12.3 Å². The van der Waals surface area contributed by atoms with Crippen LogP contribution in [-0.2, 0) is 26.2 Å². The van der Waals surface area contributed by atoms with E-state index in [2.05, 4.69) is 10.3 Å². The van der Waals surface area contributed by atoms with E-state index in [0.29, 0.717) is 24.6 Å². The Hall–Kier alpha value is -2.49. The average Bonchev–Trinajstić information content (AvgIpc) is 2.72. The third-order valence-electron chi connectivity index (χ3n) is 4.76. The molecule has 2 aliphatic heterocycles. The van der Waals surface area contributed by atoms with Crippen molar-refractivity contribution in [2.75, 3.05) is 25.0 Å². The van der Waals surface area contributed by atoms with Crippen LogP contribution >= 0.6 is 0 Å². The lowest BCUT2D eigenvalue weighted by atomic mass is 10.1. The molecule has 0 bridgehead atoms. The van der Waals surface area contributed by atoms with E-state index in [-0.39, 0.29) is 30.1 Å². The van der Waals surface area contributed by atoms with Gasteiger partial charge in [0.25, 0.3) is 5.91 Å². The molecule has 1 atom stereocenters. The third kappa shape index (κ3) is 4.01. The summed E-state index contributed by atoms with van der Waals surface area (Å²) < 4.78 is 38.8. The van der Waals surface area contributed by atoms with Crippen LogP contribution in [0.25, 0.3) is 0 Å². The van der Waals surface area contributed by atoms with Crippen molar-refractivity contribution in [3.63, 3.8) is 0 Å². The second kappa shape index (κ2) is 7.86. The smallest absolute Gasteiger partial charge is 0.262 e. The topological polar surface area (TPSA) is 97.8 Å². The molecular weight excluding hydrogens is 382 g/mol. The fourth-order valence-electron chi connectivity index (χ4n) is 3.32. The molecule has 0 spiro atoms. The Morgan fingerprint density at radius 3 is 3.00 bits per heavy atom. The number of piperidine rings is 1. The van der Waals surface area contributed by atoms with Gasteiger partial charge in [-0.3, -0.25) is 9.78 Å². The van der Waals surface area contributed by atoms with Crippen molar-refractivity contribution in [2.24, 2.45) is 0 Å². The number of aromatic nitrogens is 1. The second-order valence-corrected chi connectivity index (χ2v) is 8.69. The molecule has 1 fully saturated rings. The molecule has 28 heavy (non-hydrogen) atoms. The zero-order valence-electron chi connectivity index (χ0n) is 15.2. The van der Waals surface area contributed by atoms with Gasteiger partial charge in [0.15, 0.2) is 6.61 Å². The van der Waals surface area contributed by atoms with Crippen LogP contribution in [0.3, 0.4) is 0 Å². The van der Waals surface area contributed by atoms with Crippen LogP contribution in [0.2, 0.25) is 0 Å². The lowest BCUT2D eigenvalue weighted by Gasteiger charge is -2.32. The fraction of sp³-hybridized carbons (Fsp3) is 0.368. The van der Waals surface area contributed by atoms with Crippen molar-refractivity contribution >= 4 is 21.6 Å². The maximum atomic E-state index is 13.1. The number of hydrogen-bond acceptors (Lipinski definition) is 6. The van der Waals surface area contributed by atoms with E-state index in [0.717, 1.165) is 18.5 Å². The maximum Gasteiger partial charge on any atom is 0.262 e. The van der Waals surface area contributed by atoms with Crippen LogP contribution in [0.5, 0.6) is 5.75 Å². The van der Waals surface area contributed by atoms with E-state index in [1.165, 1.54) is 16.4 Å². The maximum absolute atomic E-state index is 13.1. The number of amides is 1. The quantitative estimate of drug-likeness (QED) is 0.817. The molecule has 1 aromatic carbocycles. The number of pyridine rings is 1. The van der Waals surface area contributed by atoms with Gasteiger partial charge < -0.3 is 14.8 Å². The van der Waals surface area contributed by atoms with Crippen LogP contribution in [0, 0.1) is 0 Å². The van der Waals surface area contributed by atoms with Gasteiger partial charge in [0.2, 0.25) is 10.0 Å². The lowest BCUT2D eigenvalue weighted by Crippen LogP contribution is -2.43. The number of anilines is 1. The summed E-state index contributed by atoms with van der Waals surface area (Å²) in [7, 11) is -3.70. The van der Waals surface area contributed by atoms with Crippen molar-refractivity contribution in [1.29, 1.82) is 0 Å². The Kier molecular flexibility index (Phi) is 5.29. The first-order valence-electron chi connectivity index (χ1n) is 9.11. The molecule has 3 heterocycles. The summed E-state index contributed by atoms with van der Waals surface area (Å²) in [6, 6.07) is 10.1. The third-order valence-corrected chi connectivity index (χ3v) is 6.62. The van der Waals surface area contributed by atoms with E-state index >= 15 is 0 Å². The van der Waals surface area contributed by atoms with E-state index < -0.39 is 10.0 Å². The largest absolute Gasteiger partial charge is 0.482 e. The molecule has 0 radical (unpaired) electrons. The van der Waals surface area contributed by atoms with Gasteiger partial charge in [-0.2, -0.15) is 4.31 Å². The van der Waals surface area contributed by atoms with E-state index in [1.807, 2.05) is 18.2 Å². The first kappa shape index (κ1) is 18.9. The Morgan fingerprint density at radius 2 is 2.18 bits per heavy atom. The summed E-state index contributed by atoms with van der Waals surface area (Å²) in [5.41, 5.74) is 1.19. The molecule has 8 nitrogen and oxygen atoms in total. The summed E-state index contributed by atoms with van der Waals surface area (Å²) in [6.45, 7) is 1.00. The van der Waals surface area contributed by atoms with Gasteiger partial charge in [-0.05, 0) is 43.2 Å². The first-order valence-corrected chi connectivity index (χ1v) is 10.5. The van der Waals surface area contributed by atoms with Crippen LogP contribution in [0.1, 0.15) is 18.5 Å². The number of carbonyl (C=O) groups excluding carboxylic acids is 1. The van der Waals surface area contributed by atoms with Gasteiger partial charge in [0.05, 0.1) is 29.0 Å². The normalized spacial score (nSPS) is 20.1. The number of nitrogens with one attached hydrogen (secondary N) is 1. The highest BCUT2D eigenvalue weighted by atomic mass is 32.2. The molecule has 1 amide bonds. The van der Waals surface area contributed by atoms with Gasteiger partial charge in [0, 0.05) is 19.3 Å². The van der Waals surface area contributed by atoms with Gasteiger partial charge in [-0.1, -0.05) is 6.07 Å². The van der Waals surface area contributed by atoms with Gasteiger partial charge in [0.1, 0.15) is 5.75 Å². The molecule has 1 N–H and O–H groups in total. The molecular formula is C19H21N3O5S. The number of ether oxygens (including phenoxy) is 2. The van der Waals surface area contributed by atoms with Gasteiger partial charge >= 0.3 is 0 Å². The highest BCUT2D eigenvalue weighted by Gasteiger charge is 2.31. The van der Waals surface area contributed by atoms with Crippen LogP contribution in [-0.4, -0.2) is 49.4 Å². The number of fused-ring (bicyclic) bond motifs is 1. The molecule has 2 aliphatic rings. The Balaban J connectivity index is 1.46. The zero-order chi connectivity index (χ0) is 19.6. The number of rotatable bonds is 5. The van der Waals surface area contributed by atoms with E-state index in [9.17, 15) is 13.2 Å². The average molecular weight is 403 g/mol. The zero-order valence-corrected chi connectivity index (χ0v) is 16.0. The van der Waals surface area contributed by atoms with E-state index in [4.69, 9.17) is 9.47 Å². The van der Waals surface area contributed by atoms with Crippen molar-refractivity contribution in [3.8, 4) is 5.75 Å². The molecule has 148 valence electrons. The lowest BCUT2D eigenvalue weighted by molar-refractivity contribution is -0.118. The first-order chi connectivity index (χ1) is 13.5. The summed E-state index contributed by atoms with van der Waals surface area (Å²) >= 11 is 0. The molecule has 1 unspecified atom stereocenters. The molecule has 0 saturated carbocycles. The minimum Gasteiger partial charge on any atom is -0.482 e. The fourth-order valence-corrected chi connectivity index (χ4v) is 4.85. The Labute approximate surface area is 163 Å². The molecule has 1 aromatic heterocycles. The van der Waals surface area contributed by atoms with Gasteiger partial charge in [-0.25, -0.2) is 8.42 Å². The monoisotopic (exact) mass is 403 g/mol. The summed E-state index contributed by atoms with van der Waals surface area (Å²) in [4.78, 5) is 15.9. The Bertz CT molecular complexity index is 965. The summed E-state index contributed by atoms with van der Waals surface area (Å²) in [5, 5.41) is 2.64. The van der Waals surface area contributed by atoms with Crippen molar-refractivity contribution in [3.05, 3.63) is 48.3 Å². The SMILES string of the molecule is O=C1COc2ccc(S(=O)(=O)N3CCCC(OCc4ccccn4)C3)cc2N1. The predicted molar refractivity (Wildman–Crippen MR) is 101 cm³/mol.